The third-order valence-corrected chi connectivity index (χ3v) is 3.32. The number of carbonyl (C=O) groups is 2. The van der Waals surface area contributed by atoms with E-state index in [-0.39, 0.29) is 5.91 Å². The predicted molar refractivity (Wildman–Crippen MR) is 63.2 cm³/mol. The van der Waals surface area contributed by atoms with E-state index in [4.69, 9.17) is 5.11 Å². The van der Waals surface area contributed by atoms with E-state index in [1.807, 2.05) is 11.9 Å². The Morgan fingerprint density at radius 1 is 1.50 bits per heavy atom. The summed E-state index contributed by atoms with van der Waals surface area (Å²) in [6.07, 6.45) is 0.396. The van der Waals surface area contributed by atoms with Crippen LogP contribution in [0.2, 0.25) is 0 Å². The molecule has 0 fully saturated rings. The Bertz CT molecular complexity index is 389. The van der Waals surface area contributed by atoms with Crippen molar-refractivity contribution < 1.29 is 14.7 Å². The van der Waals surface area contributed by atoms with Crippen molar-refractivity contribution in [2.45, 2.75) is 6.42 Å². The summed E-state index contributed by atoms with van der Waals surface area (Å²) in [5.41, 5.74) is 0. The summed E-state index contributed by atoms with van der Waals surface area (Å²) in [7, 11) is 3.43. The molecule has 0 aromatic carbocycles. The number of carboxylic acids is 1. The number of hydrogen-bond acceptors (Lipinski definition) is 4. The van der Waals surface area contributed by atoms with Crippen LogP contribution in [0.1, 0.15) is 16.1 Å². The molecule has 0 aliphatic rings. The number of hydrogen-bond donors (Lipinski definition) is 2. The minimum atomic E-state index is -0.920. The number of carboxylic acid groups (broad SMARTS) is 1. The first-order valence-electron chi connectivity index (χ1n) is 4.79. The number of anilines is 1. The number of nitrogens with one attached hydrogen (secondary N) is 1. The first-order chi connectivity index (χ1) is 7.54. The molecule has 0 atom stereocenters. The number of aromatic carboxylic acids is 1. The topological polar surface area (TPSA) is 69.6 Å². The lowest BCUT2D eigenvalue weighted by Crippen LogP contribution is -2.25. The molecule has 0 bridgehead atoms. The van der Waals surface area contributed by atoms with Gasteiger partial charge in [-0.3, -0.25) is 4.79 Å². The molecule has 0 radical (unpaired) electrons. The van der Waals surface area contributed by atoms with E-state index in [1.54, 1.807) is 19.2 Å². The third kappa shape index (κ3) is 3.23. The molecular weight excluding hydrogens is 228 g/mol. The van der Waals surface area contributed by atoms with Crippen molar-refractivity contribution in [2.75, 3.05) is 25.5 Å². The molecule has 1 aromatic heterocycles. The van der Waals surface area contributed by atoms with Gasteiger partial charge in [0.1, 0.15) is 4.88 Å². The zero-order chi connectivity index (χ0) is 12.1. The third-order valence-electron chi connectivity index (χ3n) is 2.13. The summed E-state index contributed by atoms with van der Waals surface area (Å²) < 4.78 is 0. The lowest BCUT2D eigenvalue weighted by molar-refractivity contribution is -0.120. The van der Waals surface area contributed by atoms with Crippen LogP contribution in [0.5, 0.6) is 0 Å². The fourth-order valence-corrected chi connectivity index (χ4v) is 1.98. The maximum Gasteiger partial charge on any atom is 0.345 e. The van der Waals surface area contributed by atoms with Crippen molar-refractivity contribution in [2.24, 2.45) is 0 Å². The molecule has 0 spiro atoms. The molecule has 0 saturated carbocycles. The van der Waals surface area contributed by atoms with Crippen molar-refractivity contribution in [1.82, 2.24) is 5.32 Å². The van der Waals surface area contributed by atoms with Crippen molar-refractivity contribution >= 4 is 28.2 Å². The minimum Gasteiger partial charge on any atom is -0.477 e. The number of nitrogens with zero attached hydrogens (tertiary/aromatic N) is 1. The largest absolute Gasteiger partial charge is 0.477 e. The normalized spacial score (nSPS) is 9.88. The molecule has 1 aromatic rings. The van der Waals surface area contributed by atoms with Crippen molar-refractivity contribution in [3.8, 4) is 0 Å². The van der Waals surface area contributed by atoms with Crippen LogP contribution >= 0.6 is 11.3 Å². The van der Waals surface area contributed by atoms with E-state index in [9.17, 15) is 9.59 Å². The van der Waals surface area contributed by atoms with E-state index in [1.165, 1.54) is 11.3 Å². The summed E-state index contributed by atoms with van der Waals surface area (Å²) in [5, 5.41) is 12.2. The number of carbonyl (C=O) groups excluding carboxylic acids is 1. The highest BCUT2D eigenvalue weighted by atomic mass is 32.1. The van der Waals surface area contributed by atoms with Gasteiger partial charge in [0.25, 0.3) is 0 Å². The molecule has 16 heavy (non-hydrogen) atoms. The SMILES string of the molecule is CNC(=O)CCN(C)c1ccc(C(=O)O)s1. The van der Waals surface area contributed by atoms with E-state index in [2.05, 4.69) is 5.32 Å². The molecule has 5 nitrogen and oxygen atoms in total. The van der Waals surface area contributed by atoms with E-state index in [0.29, 0.717) is 17.8 Å². The standard InChI is InChI=1S/C10H14N2O3S/c1-11-8(13)5-6-12(2)9-4-3-7(16-9)10(14)15/h3-4H,5-6H2,1-2H3,(H,11,13)(H,14,15). The van der Waals surface area contributed by atoms with Crippen LogP contribution < -0.4 is 10.2 Å². The molecular formula is C10H14N2O3S. The fraction of sp³-hybridized carbons (Fsp3) is 0.400. The molecule has 1 heterocycles. The number of rotatable bonds is 5. The van der Waals surface area contributed by atoms with Gasteiger partial charge in [-0.05, 0) is 12.1 Å². The van der Waals surface area contributed by atoms with Gasteiger partial charge in [0.2, 0.25) is 5.91 Å². The highest BCUT2D eigenvalue weighted by molar-refractivity contribution is 7.17. The van der Waals surface area contributed by atoms with Gasteiger partial charge in [0.15, 0.2) is 0 Å². The second-order valence-electron chi connectivity index (χ2n) is 3.29. The van der Waals surface area contributed by atoms with Crippen LogP contribution in [0.4, 0.5) is 5.00 Å². The Hall–Kier alpha value is -1.56. The summed E-state index contributed by atoms with van der Waals surface area (Å²) in [5.74, 6) is -0.946. The molecule has 1 rings (SSSR count). The Morgan fingerprint density at radius 3 is 2.69 bits per heavy atom. The lowest BCUT2D eigenvalue weighted by atomic mass is 10.4. The van der Waals surface area contributed by atoms with Crippen molar-refractivity contribution in [3.63, 3.8) is 0 Å². The minimum absolute atomic E-state index is 0.0261. The Labute approximate surface area is 97.7 Å². The van der Waals surface area contributed by atoms with Gasteiger partial charge in [-0.25, -0.2) is 4.79 Å². The van der Waals surface area contributed by atoms with Gasteiger partial charge in [-0.2, -0.15) is 0 Å². The monoisotopic (exact) mass is 242 g/mol. The second-order valence-corrected chi connectivity index (χ2v) is 4.35. The van der Waals surface area contributed by atoms with Crippen LogP contribution in [-0.4, -0.2) is 37.6 Å². The van der Waals surface area contributed by atoms with Gasteiger partial charge in [0.05, 0.1) is 5.00 Å². The van der Waals surface area contributed by atoms with Gasteiger partial charge in [-0.1, -0.05) is 0 Å². The summed E-state index contributed by atoms with van der Waals surface area (Å²) in [6.45, 7) is 0.569. The van der Waals surface area contributed by atoms with Crippen LogP contribution in [-0.2, 0) is 4.79 Å². The van der Waals surface area contributed by atoms with Crippen LogP contribution in [0.25, 0.3) is 0 Å². The smallest absolute Gasteiger partial charge is 0.345 e. The molecule has 0 aliphatic heterocycles. The van der Waals surface area contributed by atoms with Gasteiger partial charge in [0, 0.05) is 27.1 Å². The van der Waals surface area contributed by atoms with Crippen LogP contribution in [0.15, 0.2) is 12.1 Å². The van der Waals surface area contributed by atoms with E-state index < -0.39 is 5.97 Å². The average molecular weight is 242 g/mol. The van der Waals surface area contributed by atoms with Gasteiger partial charge in [-0.15, -0.1) is 11.3 Å². The fourth-order valence-electron chi connectivity index (χ4n) is 1.15. The van der Waals surface area contributed by atoms with Gasteiger partial charge >= 0.3 is 5.97 Å². The molecule has 88 valence electrons. The average Bonchev–Trinajstić information content (AvgIpc) is 2.74. The molecule has 2 N–H and O–H groups in total. The summed E-state index contributed by atoms with van der Waals surface area (Å²) >= 11 is 1.20. The maximum absolute atomic E-state index is 11.0. The number of thiophene rings is 1. The zero-order valence-corrected chi connectivity index (χ0v) is 10.0. The maximum atomic E-state index is 11.0. The first kappa shape index (κ1) is 12.5. The van der Waals surface area contributed by atoms with Crippen molar-refractivity contribution in [3.05, 3.63) is 17.0 Å². The quantitative estimate of drug-likeness (QED) is 0.808. The van der Waals surface area contributed by atoms with Crippen LogP contribution in [0.3, 0.4) is 0 Å². The second kappa shape index (κ2) is 5.50. The molecule has 6 heteroatoms. The predicted octanol–water partition coefficient (Wildman–Crippen LogP) is 1.02. The Morgan fingerprint density at radius 2 is 2.19 bits per heavy atom. The molecule has 0 aliphatic carbocycles. The Balaban J connectivity index is 2.55. The highest BCUT2D eigenvalue weighted by Crippen LogP contribution is 2.24. The van der Waals surface area contributed by atoms with E-state index in [0.717, 1.165) is 5.00 Å². The lowest BCUT2D eigenvalue weighted by Gasteiger charge is -2.15. The molecule has 0 saturated heterocycles. The van der Waals surface area contributed by atoms with Gasteiger partial charge < -0.3 is 15.3 Å². The van der Waals surface area contributed by atoms with Crippen molar-refractivity contribution in [1.29, 1.82) is 0 Å². The summed E-state index contributed by atoms with van der Waals surface area (Å²) in [6, 6.07) is 3.32. The number of amides is 1. The zero-order valence-electron chi connectivity index (χ0n) is 9.19. The Kier molecular flexibility index (Phi) is 4.30. The summed E-state index contributed by atoms with van der Waals surface area (Å²) in [4.78, 5) is 23.9. The highest BCUT2D eigenvalue weighted by Gasteiger charge is 2.10. The van der Waals surface area contributed by atoms with Crippen LogP contribution in [0, 0.1) is 0 Å². The van der Waals surface area contributed by atoms with E-state index >= 15 is 0 Å². The molecule has 1 amide bonds. The first-order valence-corrected chi connectivity index (χ1v) is 5.61. The molecule has 0 unspecified atom stereocenters.